The van der Waals surface area contributed by atoms with Gasteiger partial charge in [0.05, 0.1) is 16.4 Å². The second-order valence-corrected chi connectivity index (χ2v) is 20.5. The van der Waals surface area contributed by atoms with Gasteiger partial charge >= 0.3 is 0 Å². The number of halogens is 1. The van der Waals surface area contributed by atoms with Gasteiger partial charge in [-0.2, -0.15) is 0 Å². The summed E-state index contributed by atoms with van der Waals surface area (Å²) in [6.07, 6.45) is 6.21. The van der Waals surface area contributed by atoms with Gasteiger partial charge in [0, 0.05) is 22.7 Å². The Balaban J connectivity index is 1.71. The minimum Gasteiger partial charge on any atom is -0.309 e. The Labute approximate surface area is 339 Å². The van der Waals surface area contributed by atoms with E-state index in [1.54, 1.807) is 0 Å². The summed E-state index contributed by atoms with van der Waals surface area (Å²) in [5.74, 6) is 0.468. The molecule has 0 spiro atoms. The number of nitrogens with zero attached hydrogens (tertiary/aromatic N) is 2. The van der Waals surface area contributed by atoms with Gasteiger partial charge < -0.3 is 9.80 Å². The SMILES string of the molecule is CC(C)(C)c1cccc(N(c2cccc(C(C)(C)C)c2)c2cc(C3CCCCC3)cc(N(c3cccc(C(C)(C)C)c3)c3cccc(C(C)(C)C)c3)c2Cl)c1. The highest BCUT2D eigenvalue weighted by Gasteiger charge is 2.29. The van der Waals surface area contributed by atoms with E-state index in [9.17, 15) is 0 Å². The molecule has 290 valence electrons. The zero-order valence-corrected chi connectivity index (χ0v) is 36.5. The third-order valence-corrected chi connectivity index (χ3v) is 11.9. The molecule has 1 fully saturated rings. The predicted octanol–water partition coefficient (Wildman–Crippen LogP) is 16.5. The Morgan fingerprint density at radius 2 is 0.709 bits per heavy atom. The Hall–Kier alpha value is -4.01. The average molecular weight is 754 g/mol. The summed E-state index contributed by atoms with van der Waals surface area (Å²) in [6.45, 7) is 27.5. The highest BCUT2D eigenvalue weighted by Crippen LogP contribution is 2.51. The number of rotatable bonds is 7. The maximum Gasteiger partial charge on any atom is 0.0887 e. The molecule has 55 heavy (non-hydrogen) atoms. The molecule has 5 aromatic carbocycles. The lowest BCUT2D eigenvalue weighted by Crippen LogP contribution is -2.19. The summed E-state index contributed by atoms with van der Waals surface area (Å²) in [5, 5.41) is 0.740. The fourth-order valence-corrected chi connectivity index (χ4v) is 8.19. The standard InChI is InChI=1S/C52H65ClN2/c1-49(2,3)38-22-16-26-42(32-38)54(43-27-17-23-39(33-43)50(4,5)6)46-30-37(36-20-14-13-15-21-36)31-47(48(46)53)55(44-28-18-24-40(34-44)51(7,8)9)45-29-19-25-41(35-45)52(10,11)12/h16-19,22-36H,13-15,20-21H2,1-12H3. The van der Waals surface area contributed by atoms with E-state index in [1.807, 2.05) is 0 Å². The minimum absolute atomic E-state index is 0.0131. The second kappa shape index (κ2) is 15.5. The predicted molar refractivity (Wildman–Crippen MR) is 241 cm³/mol. The van der Waals surface area contributed by atoms with Crippen LogP contribution in [0.2, 0.25) is 5.02 Å². The fourth-order valence-electron chi connectivity index (χ4n) is 7.91. The highest BCUT2D eigenvalue weighted by molar-refractivity contribution is 6.36. The van der Waals surface area contributed by atoms with Crippen LogP contribution in [-0.4, -0.2) is 0 Å². The van der Waals surface area contributed by atoms with Crippen LogP contribution in [0.4, 0.5) is 34.1 Å². The first-order chi connectivity index (χ1) is 25.7. The smallest absolute Gasteiger partial charge is 0.0887 e. The fraction of sp³-hybridized carbons (Fsp3) is 0.423. The van der Waals surface area contributed by atoms with Crippen LogP contribution in [0.3, 0.4) is 0 Å². The normalized spacial score (nSPS) is 14.6. The summed E-state index contributed by atoms with van der Waals surface area (Å²) < 4.78 is 0. The summed E-state index contributed by atoms with van der Waals surface area (Å²) >= 11 is 8.04. The van der Waals surface area contributed by atoms with Gasteiger partial charge in [-0.15, -0.1) is 0 Å². The van der Waals surface area contributed by atoms with Gasteiger partial charge in [0.15, 0.2) is 0 Å². The first kappa shape index (κ1) is 40.6. The third-order valence-electron chi connectivity index (χ3n) is 11.5. The number of benzene rings is 5. The Morgan fingerprint density at radius 1 is 0.418 bits per heavy atom. The van der Waals surface area contributed by atoms with Crippen molar-refractivity contribution in [3.8, 4) is 0 Å². The van der Waals surface area contributed by atoms with Crippen molar-refractivity contribution in [1.82, 2.24) is 0 Å². The first-order valence-corrected chi connectivity index (χ1v) is 21.0. The van der Waals surface area contributed by atoms with Crippen LogP contribution in [-0.2, 0) is 21.7 Å². The molecular weight excluding hydrogens is 688 g/mol. The Bertz CT molecular complexity index is 1850. The second-order valence-electron chi connectivity index (χ2n) is 20.1. The molecule has 0 aliphatic heterocycles. The molecule has 1 aliphatic carbocycles. The topological polar surface area (TPSA) is 6.48 Å². The van der Waals surface area contributed by atoms with Crippen LogP contribution < -0.4 is 9.80 Å². The molecule has 0 unspecified atom stereocenters. The van der Waals surface area contributed by atoms with Crippen molar-refractivity contribution < 1.29 is 0 Å². The molecule has 1 aliphatic rings. The van der Waals surface area contributed by atoms with Crippen LogP contribution >= 0.6 is 11.6 Å². The lowest BCUT2D eigenvalue weighted by molar-refractivity contribution is 0.444. The molecule has 0 heterocycles. The van der Waals surface area contributed by atoms with Gasteiger partial charge in [0.25, 0.3) is 0 Å². The van der Waals surface area contributed by atoms with E-state index in [-0.39, 0.29) is 21.7 Å². The van der Waals surface area contributed by atoms with E-state index in [0.29, 0.717) is 5.92 Å². The zero-order chi connectivity index (χ0) is 39.9. The molecule has 0 N–H and O–H groups in total. The zero-order valence-electron chi connectivity index (χ0n) is 35.8. The molecule has 0 amide bonds. The summed E-state index contributed by atoms with van der Waals surface area (Å²) in [6, 6.07) is 41.2. The molecule has 0 bridgehead atoms. The van der Waals surface area contributed by atoms with E-state index >= 15 is 0 Å². The molecule has 6 rings (SSSR count). The highest BCUT2D eigenvalue weighted by atomic mass is 35.5. The summed E-state index contributed by atoms with van der Waals surface area (Å²) in [4.78, 5) is 4.86. The average Bonchev–Trinajstić information content (AvgIpc) is 3.13. The van der Waals surface area contributed by atoms with Crippen LogP contribution in [0.15, 0.2) is 109 Å². The molecule has 2 nitrogen and oxygen atoms in total. The van der Waals surface area contributed by atoms with Crippen molar-refractivity contribution in [3.63, 3.8) is 0 Å². The van der Waals surface area contributed by atoms with Crippen molar-refractivity contribution in [2.75, 3.05) is 9.80 Å². The van der Waals surface area contributed by atoms with Crippen molar-refractivity contribution >= 4 is 45.7 Å². The van der Waals surface area contributed by atoms with Gasteiger partial charge in [-0.25, -0.2) is 0 Å². The third kappa shape index (κ3) is 9.18. The van der Waals surface area contributed by atoms with E-state index < -0.39 is 0 Å². The summed E-state index contributed by atoms with van der Waals surface area (Å²) in [5.41, 5.74) is 13.0. The Kier molecular flexibility index (Phi) is 11.5. The van der Waals surface area contributed by atoms with Crippen molar-refractivity contribution in [2.45, 2.75) is 143 Å². The molecule has 0 saturated heterocycles. The molecule has 3 heteroatoms. The number of hydrogen-bond donors (Lipinski definition) is 0. The van der Waals surface area contributed by atoms with Gasteiger partial charge in [-0.3, -0.25) is 0 Å². The van der Waals surface area contributed by atoms with Crippen LogP contribution in [0, 0.1) is 0 Å². The first-order valence-electron chi connectivity index (χ1n) is 20.6. The molecule has 5 aromatic rings. The summed E-state index contributed by atoms with van der Waals surface area (Å²) in [7, 11) is 0. The van der Waals surface area contributed by atoms with Crippen LogP contribution in [0.1, 0.15) is 149 Å². The van der Waals surface area contributed by atoms with Gasteiger partial charge in [-0.1, -0.05) is 162 Å². The van der Waals surface area contributed by atoms with E-state index in [2.05, 4.69) is 202 Å². The molecule has 0 aromatic heterocycles. The quantitative estimate of drug-likeness (QED) is 0.163. The minimum atomic E-state index is -0.0131. The number of hydrogen-bond acceptors (Lipinski definition) is 2. The molecular formula is C52H65ClN2. The van der Waals surface area contributed by atoms with E-state index in [0.717, 1.165) is 39.1 Å². The monoisotopic (exact) mass is 752 g/mol. The van der Waals surface area contributed by atoms with Crippen molar-refractivity contribution in [2.24, 2.45) is 0 Å². The maximum atomic E-state index is 8.04. The van der Waals surface area contributed by atoms with Crippen LogP contribution in [0.5, 0.6) is 0 Å². The molecule has 0 radical (unpaired) electrons. The number of anilines is 6. The largest absolute Gasteiger partial charge is 0.309 e. The lowest BCUT2D eigenvalue weighted by Gasteiger charge is -2.35. The maximum absolute atomic E-state index is 8.04. The lowest BCUT2D eigenvalue weighted by atomic mass is 9.83. The molecule has 1 saturated carbocycles. The Morgan fingerprint density at radius 3 is 0.982 bits per heavy atom. The van der Waals surface area contributed by atoms with Gasteiger partial charge in [0.2, 0.25) is 0 Å². The van der Waals surface area contributed by atoms with E-state index in [1.165, 1.54) is 59.9 Å². The van der Waals surface area contributed by atoms with Crippen molar-refractivity contribution in [3.05, 3.63) is 142 Å². The van der Waals surface area contributed by atoms with Gasteiger partial charge in [0.1, 0.15) is 0 Å². The van der Waals surface area contributed by atoms with Crippen molar-refractivity contribution in [1.29, 1.82) is 0 Å². The molecule has 0 atom stereocenters. The van der Waals surface area contributed by atoms with Gasteiger partial charge in [-0.05, 0) is 129 Å². The van der Waals surface area contributed by atoms with Crippen LogP contribution in [0.25, 0.3) is 0 Å². The van der Waals surface area contributed by atoms with E-state index in [4.69, 9.17) is 11.6 Å².